The zero-order valence-corrected chi connectivity index (χ0v) is 20.0. The first kappa shape index (κ1) is 24.4. The molecule has 1 aromatic carbocycles. The molecule has 1 aromatic rings. The number of hydrogen-bond donors (Lipinski definition) is 5. The number of Topliss-reactive ketones (excluding diaryl/α,β-unsaturated/α-hetero) is 3. The predicted molar refractivity (Wildman–Crippen MR) is 129 cm³/mol. The summed E-state index contributed by atoms with van der Waals surface area (Å²) in [5, 5.41) is 33.3. The van der Waals surface area contributed by atoms with Crippen molar-refractivity contribution < 1.29 is 34.5 Å². The van der Waals surface area contributed by atoms with Crippen LogP contribution in [0, 0.1) is 23.7 Å². The number of phenolic OH excluding ortho intramolecular Hbond substituents is 1. The maximum absolute atomic E-state index is 13.8. The van der Waals surface area contributed by atoms with Gasteiger partial charge in [-0.25, -0.2) is 0 Å². The van der Waals surface area contributed by atoms with Crippen molar-refractivity contribution in [1.82, 2.24) is 4.90 Å². The fourth-order valence-corrected chi connectivity index (χ4v) is 6.83. The van der Waals surface area contributed by atoms with Gasteiger partial charge in [0.25, 0.3) is 0 Å². The van der Waals surface area contributed by atoms with Crippen LogP contribution in [-0.4, -0.2) is 75.3 Å². The molecule has 0 aromatic heterocycles. The molecule has 4 aliphatic carbocycles. The smallest absolute Gasteiger partial charge is 0.230 e. The summed E-state index contributed by atoms with van der Waals surface area (Å²) in [6.45, 7) is 0. The fourth-order valence-electron chi connectivity index (χ4n) is 6.83. The number of aromatic hydroxyl groups is 1. The number of fused-ring (bicyclic) bond motifs is 3. The summed E-state index contributed by atoms with van der Waals surface area (Å²) in [4.78, 5) is 54.6. The number of phenols is 1. The van der Waals surface area contributed by atoms with E-state index in [1.165, 1.54) is 0 Å². The minimum Gasteiger partial charge on any atom is -0.505 e. The number of nitrogens with two attached hydrogens (primary N) is 2. The van der Waals surface area contributed by atoms with Gasteiger partial charge in [-0.15, -0.1) is 0 Å². The average molecular weight is 496 g/mol. The second kappa shape index (κ2) is 8.09. The highest BCUT2D eigenvalue weighted by Gasteiger charge is 2.69. The van der Waals surface area contributed by atoms with E-state index >= 15 is 0 Å². The van der Waals surface area contributed by atoms with E-state index in [9.17, 15) is 34.5 Å². The Labute approximate surface area is 207 Å². The number of likely N-dealkylation sites (N-methyl/N-ethyl adjacent to an activating group) is 1. The second-order valence-electron chi connectivity index (χ2n) is 10.5. The number of hydrogen-bond acceptors (Lipinski definition) is 9. The number of aliphatic hydroxyl groups is 2. The van der Waals surface area contributed by atoms with Crippen molar-refractivity contribution in [2.24, 2.45) is 29.4 Å². The number of rotatable bonds is 3. The molecule has 0 aliphatic heterocycles. The molecule has 0 heterocycles. The Hall–Kier alpha value is -3.34. The van der Waals surface area contributed by atoms with E-state index in [4.69, 9.17) is 11.5 Å². The first-order chi connectivity index (χ1) is 16.9. The minimum absolute atomic E-state index is 0.0186. The van der Waals surface area contributed by atoms with E-state index in [-0.39, 0.29) is 24.1 Å². The van der Waals surface area contributed by atoms with Crippen molar-refractivity contribution in [3.05, 3.63) is 41.0 Å². The summed E-state index contributed by atoms with van der Waals surface area (Å²) in [5.74, 6) is -9.41. The van der Waals surface area contributed by atoms with Gasteiger partial charge in [0.2, 0.25) is 5.91 Å². The van der Waals surface area contributed by atoms with E-state index in [1.54, 1.807) is 25.1 Å². The van der Waals surface area contributed by atoms with Gasteiger partial charge in [-0.3, -0.25) is 19.2 Å². The number of carbonyl (C=O) groups is 4. The third-order valence-electron chi connectivity index (χ3n) is 8.40. The average Bonchev–Trinajstić information content (AvgIpc) is 3.33. The molecule has 1 amide bonds. The van der Waals surface area contributed by atoms with E-state index in [0.717, 1.165) is 5.57 Å². The molecule has 2 saturated carbocycles. The summed E-state index contributed by atoms with van der Waals surface area (Å²) in [6.07, 6.45) is 5.29. The lowest BCUT2D eigenvalue weighted by molar-refractivity contribution is -0.190. The molecule has 5 rings (SSSR count). The molecule has 10 heteroatoms. The van der Waals surface area contributed by atoms with E-state index in [0.29, 0.717) is 17.5 Å². The Morgan fingerprint density at radius 3 is 2.47 bits per heavy atom. The molecule has 4 aliphatic rings. The van der Waals surface area contributed by atoms with Crippen molar-refractivity contribution in [2.75, 3.05) is 19.8 Å². The van der Waals surface area contributed by atoms with Crippen LogP contribution in [0.5, 0.6) is 5.75 Å². The number of nitrogen functional groups attached to an aromatic ring is 1. The molecular weight excluding hydrogens is 466 g/mol. The van der Waals surface area contributed by atoms with Crippen molar-refractivity contribution in [1.29, 1.82) is 0 Å². The molecule has 190 valence electrons. The summed E-state index contributed by atoms with van der Waals surface area (Å²) in [6, 6.07) is 0.671. The molecule has 0 radical (unpaired) electrons. The van der Waals surface area contributed by atoms with Gasteiger partial charge in [0.1, 0.15) is 11.7 Å². The Morgan fingerprint density at radius 2 is 1.89 bits per heavy atom. The normalized spacial score (nSPS) is 35.4. The predicted octanol–water partition coefficient (Wildman–Crippen LogP) is -0.416. The van der Waals surface area contributed by atoms with Crippen LogP contribution in [0.3, 0.4) is 0 Å². The van der Waals surface area contributed by atoms with Crippen LogP contribution in [-0.2, 0) is 20.8 Å². The number of aliphatic hydroxyl groups excluding tert-OH is 1. The van der Waals surface area contributed by atoms with Crippen LogP contribution >= 0.6 is 0 Å². The van der Waals surface area contributed by atoms with E-state index < -0.39 is 70.4 Å². The second-order valence-corrected chi connectivity index (χ2v) is 10.5. The summed E-state index contributed by atoms with van der Waals surface area (Å²) in [5.41, 5.74) is 10.7. The third-order valence-corrected chi connectivity index (χ3v) is 8.40. The number of primary amides is 1. The first-order valence-corrected chi connectivity index (χ1v) is 11.9. The lowest BCUT2D eigenvalue weighted by Crippen LogP contribution is -2.75. The third kappa shape index (κ3) is 3.07. The Kier molecular flexibility index (Phi) is 5.47. The fraction of sp³-hybridized carbons (Fsp3) is 0.462. The number of allylic oxidation sites excluding steroid dienone is 4. The van der Waals surface area contributed by atoms with Crippen LogP contribution in [0.2, 0.25) is 0 Å². The van der Waals surface area contributed by atoms with Gasteiger partial charge in [-0.05, 0) is 62.0 Å². The van der Waals surface area contributed by atoms with Crippen LogP contribution in [0.1, 0.15) is 34.3 Å². The Bertz CT molecular complexity index is 1280. The Balaban J connectivity index is 1.67. The molecule has 7 N–H and O–H groups in total. The van der Waals surface area contributed by atoms with Crippen LogP contribution in [0.25, 0.3) is 5.57 Å². The quantitative estimate of drug-likeness (QED) is 0.211. The topological polar surface area (TPSA) is 184 Å². The zero-order valence-electron chi connectivity index (χ0n) is 20.0. The van der Waals surface area contributed by atoms with Crippen molar-refractivity contribution >= 4 is 34.5 Å². The van der Waals surface area contributed by atoms with Gasteiger partial charge >= 0.3 is 0 Å². The Morgan fingerprint density at radius 1 is 1.19 bits per heavy atom. The number of anilines is 1. The number of benzene rings is 1. The standard InChI is InChI=1S/C26H29N3O7/c1-29(2)19-14-8-11-7-13-12(10-5-3-4-6-10)9-15(27)20(30)17(13)21(31)16(11)23(33)26(14,36)24(34)18(22(19)32)25(28)35/h3,5-6,9,11,14,16,18-19,22,30,32,36H,4,7-8,27H2,1-2H3,(H2,28,35)/t11-,14-,16?,18?,19-,22?,26-/m1/s1. The maximum atomic E-state index is 13.8. The first-order valence-electron chi connectivity index (χ1n) is 11.9. The minimum atomic E-state index is -2.68. The van der Waals surface area contributed by atoms with Gasteiger partial charge in [0, 0.05) is 12.0 Å². The highest BCUT2D eigenvalue weighted by molar-refractivity contribution is 6.26. The van der Waals surface area contributed by atoms with Crippen molar-refractivity contribution in [3.63, 3.8) is 0 Å². The monoisotopic (exact) mass is 495 g/mol. The van der Waals surface area contributed by atoms with Gasteiger partial charge in [-0.2, -0.15) is 0 Å². The molecule has 10 nitrogen and oxygen atoms in total. The van der Waals surface area contributed by atoms with Crippen LogP contribution < -0.4 is 11.5 Å². The number of nitrogens with zero attached hydrogens (tertiary/aromatic N) is 1. The highest BCUT2D eigenvalue weighted by Crippen LogP contribution is 2.52. The number of amides is 1. The molecule has 0 saturated heterocycles. The van der Waals surface area contributed by atoms with Gasteiger partial charge in [0.05, 0.1) is 23.3 Å². The molecule has 0 bridgehead atoms. The lowest BCUT2D eigenvalue weighted by Gasteiger charge is -2.54. The SMILES string of the molecule is CN(C)[C@H]1C(O)C(C(N)=O)C(=O)[C@]2(O)C(=O)C3C(=O)c4c(O)c(N)cc(C5=CCC=C5)c4C[C@@H]3C[C@H]12. The van der Waals surface area contributed by atoms with E-state index in [2.05, 4.69) is 0 Å². The van der Waals surface area contributed by atoms with E-state index in [1.807, 2.05) is 18.2 Å². The summed E-state index contributed by atoms with van der Waals surface area (Å²) in [7, 11) is 3.22. The van der Waals surface area contributed by atoms with Crippen LogP contribution in [0.15, 0.2) is 24.3 Å². The summed E-state index contributed by atoms with van der Waals surface area (Å²) < 4.78 is 0. The molecule has 2 fully saturated rings. The van der Waals surface area contributed by atoms with Crippen molar-refractivity contribution in [3.8, 4) is 5.75 Å². The van der Waals surface area contributed by atoms with Gasteiger partial charge in [0.15, 0.2) is 23.0 Å². The molecular formula is C26H29N3O7. The lowest BCUT2D eigenvalue weighted by atomic mass is 9.52. The molecule has 3 unspecified atom stereocenters. The van der Waals surface area contributed by atoms with Crippen LogP contribution in [0.4, 0.5) is 5.69 Å². The zero-order chi connectivity index (χ0) is 26.3. The molecule has 0 spiro atoms. The molecule has 7 atom stereocenters. The van der Waals surface area contributed by atoms with Gasteiger partial charge < -0.3 is 31.7 Å². The number of carbonyl (C=O) groups excluding carboxylic acids is 4. The maximum Gasteiger partial charge on any atom is 0.230 e. The largest absolute Gasteiger partial charge is 0.505 e. The molecule has 36 heavy (non-hydrogen) atoms. The number of ketones is 3. The summed E-state index contributed by atoms with van der Waals surface area (Å²) >= 11 is 0. The highest BCUT2D eigenvalue weighted by atomic mass is 16.3. The van der Waals surface area contributed by atoms with Gasteiger partial charge in [-0.1, -0.05) is 18.2 Å². The van der Waals surface area contributed by atoms with Crippen molar-refractivity contribution in [2.45, 2.75) is 37.0 Å².